The molecule has 0 saturated carbocycles. The van der Waals surface area contributed by atoms with Gasteiger partial charge >= 0.3 is 0 Å². The van der Waals surface area contributed by atoms with Gasteiger partial charge in [-0.3, -0.25) is 19.3 Å². The van der Waals surface area contributed by atoms with Crippen molar-refractivity contribution in [1.29, 1.82) is 0 Å². The van der Waals surface area contributed by atoms with Crippen LogP contribution in [0.4, 0.5) is 5.69 Å². The fraction of sp³-hybridized carbons (Fsp3) is 0.265. The van der Waals surface area contributed by atoms with Crippen molar-refractivity contribution in [3.8, 4) is 0 Å². The van der Waals surface area contributed by atoms with E-state index in [1.807, 2.05) is 106 Å². The van der Waals surface area contributed by atoms with Gasteiger partial charge in [0.2, 0.25) is 11.8 Å². The molecule has 1 N–H and O–H groups in total. The molecule has 0 saturated heterocycles. The molecule has 204 valence electrons. The van der Waals surface area contributed by atoms with Crippen molar-refractivity contribution in [2.45, 2.75) is 52.2 Å². The first-order chi connectivity index (χ1) is 19.4. The van der Waals surface area contributed by atoms with Gasteiger partial charge in [-0.25, -0.2) is 0 Å². The van der Waals surface area contributed by atoms with Gasteiger partial charge in [-0.2, -0.15) is 0 Å². The zero-order chi connectivity index (χ0) is 28.2. The van der Waals surface area contributed by atoms with Crippen LogP contribution < -0.4 is 10.2 Å². The molecule has 0 aliphatic carbocycles. The van der Waals surface area contributed by atoms with E-state index in [0.717, 1.165) is 39.6 Å². The zero-order valence-corrected chi connectivity index (χ0v) is 23.3. The number of anilines is 1. The molecule has 0 aromatic heterocycles. The molecule has 0 radical (unpaired) electrons. The number of nitrogens with one attached hydrogen (secondary N) is 1. The topological polar surface area (TPSA) is 69.7 Å². The Morgan fingerprint density at radius 2 is 1.57 bits per heavy atom. The van der Waals surface area contributed by atoms with Gasteiger partial charge in [0, 0.05) is 30.0 Å². The number of rotatable bonds is 10. The summed E-state index contributed by atoms with van der Waals surface area (Å²) in [6, 6.07) is 28.3. The summed E-state index contributed by atoms with van der Waals surface area (Å²) in [7, 11) is 0. The Balaban J connectivity index is 1.51. The van der Waals surface area contributed by atoms with E-state index >= 15 is 0 Å². The highest BCUT2D eigenvalue weighted by Crippen LogP contribution is 2.37. The van der Waals surface area contributed by atoms with E-state index in [1.165, 1.54) is 0 Å². The molecular weight excluding hydrogens is 498 g/mol. The van der Waals surface area contributed by atoms with Gasteiger partial charge in [0.25, 0.3) is 5.91 Å². The largest absolute Gasteiger partial charge is 0.352 e. The predicted octanol–water partition coefficient (Wildman–Crippen LogP) is 5.66. The summed E-state index contributed by atoms with van der Waals surface area (Å²) >= 11 is 0. The number of hydrogen-bond acceptors (Lipinski definition) is 3. The number of hydrogen-bond donors (Lipinski definition) is 1. The van der Waals surface area contributed by atoms with Gasteiger partial charge in [-0.1, -0.05) is 91.3 Å². The SMILES string of the molecule is CC[C@@H](C)NC(=O)[C@H](Cc1ccccc1)N(Cc1ccc(C)cc1)C(=O)CN1C(=O)c2cccc3cccc1c23. The molecule has 6 heteroatoms. The molecule has 2 atom stereocenters. The molecule has 40 heavy (non-hydrogen) atoms. The molecule has 4 aromatic carbocycles. The molecule has 1 heterocycles. The second-order valence-corrected chi connectivity index (χ2v) is 10.6. The van der Waals surface area contributed by atoms with Gasteiger partial charge in [0.15, 0.2) is 0 Å². The van der Waals surface area contributed by atoms with Gasteiger partial charge in [-0.05, 0) is 48.9 Å². The average molecular weight is 534 g/mol. The van der Waals surface area contributed by atoms with Crippen LogP contribution in [-0.2, 0) is 22.6 Å². The normalized spacial score (nSPS) is 13.8. The van der Waals surface area contributed by atoms with E-state index in [0.29, 0.717) is 12.0 Å². The first-order valence-corrected chi connectivity index (χ1v) is 13.9. The van der Waals surface area contributed by atoms with Crippen LogP contribution in [0, 0.1) is 6.92 Å². The van der Waals surface area contributed by atoms with E-state index in [1.54, 1.807) is 15.9 Å². The number of carbonyl (C=O) groups excluding carboxylic acids is 3. The Morgan fingerprint density at radius 1 is 0.875 bits per heavy atom. The predicted molar refractivity (Wildman–Crippen MR) is 159 cm³/mol. The van der Waals surface area contributed by atoms with Crippen LogP contribution in [-0.4, -0.2) is 41.2 Å². The molecule has 1 aliphatic rings. The standard InChI is InChI=1S/C34H35N3O3/c1-4-24(3)35-33(39)30(20-25-10-6-5-7-11-25)36(21-26-18-16-23(2)17-19-26)31(38)22-37-29-15-9-13-27-12-8-14-28(32(27)29)34(37)40/h5-19,24,30H,4,20-22H2,1-3H3,(H,35,39)/t24-,30+/m1/s1. The highest BCUT2D eigenvalue weighted by molar-refractivity contribution is 6.26. The van der Waals surface area contributed by atoms with E-state index in [9.17, 15) is 14.4 Å². The lowest BCUT2D eigenvalue weighted by atomic mass is 10.0. The maximum absolute atomic E-state index is 14.2. The van der Waals surface area contributed by atoms with Crippen LogP contribution in [0.1, 0.15) is 47.3 Å². The summed E-state index contributed by atoms with van der Waals surface area (Å²) < 4.78 is 0. The summed E-state index contributed by atoms with van der Waals surface area (Å²) in [5.74, 6) is -0.671. The van der Waals surface area contributed by atoms with Crippen LogP contribution in [0.15, 0.2) is 91.0 Å². The Morgan fingerprint density at radius 3 is 2.27 bits per heavy atom. The van der Waals surface area contributed by atoms with Crippen LogP contribution >= 0.6 is 0 Å². The maximum Gasteiger partial charge on any atom is 0.259 e. The minimum atomic E-state index is -0.749. The second kappa shape index (κ2) is 11.7. The van der Waals surface area contributed by atoms with Crippen molar-refractivity contribution >= 4 is 34.2 Å². The van der Waals surface area contributed by atoms with Crippen molar-refractivity contribution in [2.24, 2.45) is 0 Å². The fourth-order valence-corrected chi connectivity index (χ4v) is 5.25. The Bertz CT molecular complexity index is 1530. The first-order valence-electron chi connectivity index (χ1n) is 13.9. The highest BCUT2D eigenvalue weighted by atomic mass is 16.2. The summed E-state index contributed by atoms with van der Waals surface area (Å²) in [6.07, 6.45) is 1.14. The number of nitrogens with zero attached hydrogens (tertiary/aromatic N) is 2. The zero-order valence-electron chi connectivity index (χ0n) is 23.3. The summed E-state index contributed by atoms with van der Waals surface area (Å²) in [5.41, 5.74) is 4.33. The monoisotopic (exact) mass is 533 g/mol. The van der Waals surface area contributed by atoms with E-state index in [-0.39, 0.29) is 36.9 Å². The van der Waals surface area contributed by atoms with Gasteiger partial charge in [0.05, 0.1) is 5.69 Å². The molecule has 0 unspecified atom stereocenters. The molecule has 6 nitrogen and oxygen atoms in total. The molecule has 3 amide bonds. The Labute approximate surface area is 235 Å². The van der Waals surface area contributed by atoms with Crippen molar-refractivity contribution < 1.29 is 14.4 Å². The molecule has 0 spiro atoms. The van der Waals surface area contributed by atoms with Crippen LogP contribution in [0.25, 0.3) is 10.8 Å². The third kappa shape index (κ3) is 5.62. The highest BCUT2D eigenvalue weighted by Gasteiger charge is 2.36. The number of aryl methyl sites for hydroxylation is 1. The van der Waals surface area contributed by atoms with Crippen LogP contribution in [0.3, 0.4) is 0 Å². The first kappa shape index (κ1) is 27.1. The average Bonchev–Trinajstić information content (AvgIpc) is 3.24. The van der Waals surface area contributed by atoms with Crippen molar-refractivity contribution in [3.05, 3.63) is 113 Å². The lowest BCUT2D eigenvalue weighted by Crippen LogP contribution is -2.54. The fourth-order valence-electron chi connectivity index (χ4n) is 5.25. The van der Waals surface area contributed by atoms with Crippen molar-refractivity contribution in [1.82, 2.24) is 10.2 Å². The van der Waals surface area contributed by atoms with Crippen LogP contribution in [0.2, 0.25) is 0 Å². The third-order valence-electron chi connectivity index (χ3n) is 7.69. The molecule has 5 rings (SSSR count). The van der Waals surface area contributed by atoms with E-state index < -0.39 is 6.04 Å². The lowest BCUT2D eigenvalue weighted by Gasteiger charge is -2.33. The molecule has 0 bridgehead atoms. The second-order valence-electron chi connectivity index (χ2n) is 10.6. The quantitative estimate of drug-likeness (QED) is 0.286. The van der Waals surface area contributed by atoms with Crippen LogP contribution in [0.5, 0.6) is 0 Å². The molecular formula is C34H35N3O3. The van der Waals surface area contributed by atoms with Crippen molar-refractivity contribution in [3.63, 3.8) is 0 Å². The summed E-state index contributed by atoms with van der Waals surface area (Å²) in [6.45, 7) is 6.10. The lowest BCUT2D eigenvalue weighted by molar-refractivity contribution is -0.140. The van der Waals surface area contributed by atoms with Crippen molar-refractivity contribution in [2.75, 3.05) is 11.4 Å². The Hall–Kier alpha value is -4.45. The smallest absolute Gasteiger partial charge is 0.259 e. The number of benzene rings is 4. The molecule has 4 aromatic rings. The van der Waals surface area contributed by atoms with Gasteiger partial charge in [0.1, 0.15) is 12.6 Å². The number of amides is 3. The van der Waals surface area contributed by atoms with E-state index in [2.05, 4.69) is 5.32 Å². The van der Waals surface area contributed by atoms with Gasteiger partial charge in [-0.15, -0.1) is 0 Å². The summed E-state index contributed by atoms with van der Waals surface area (Å²) in [4.78, 5) is 44.7. The van der Waals surface area contributed by atoms with E-state index in [4.69, 9.17) is 0 Å². The molecule has 1 aliphatic heterocycles. The minimum absolute atomic E-state index is 0.0330. The minimum Gasteiger partial charge on any atom is -0.352 e. The summed E-state index contributed by atoms with van der Waals surface area (Å²) in [5, 5.41) is 4.93. The number of carbonyl (C=O) groups is 3. The third-order valence-corrected chi connectivity index (χ3v) is 7.69. The maximum atomic E-state index is 14.2. The Kier molecular flexibility index (Phi) is 7.96. The molecule has 0 fully saturated rings. The van der Waals surface area contributed by atoms with Gasteiger partial charge < -0.3 is 10.2 Å².